The van der Waals surface area contributed by atoms with Crippen molar-refractivity contribution in [3.63, 3.8) is 0 Å². The number of nitrogens with zero attached hydrogens (tertiary/aromatic N) is 2. The molecule has 0 aliphatic carbocycles. The van der Waals surface area contributed by atoms with Crippen LogP contribution in [0.15, 0.2) is 76.6 Å². The van der Waals surface area contributed by atoms with Crippen molar-refractivity contribution in [2.24, 2.45) is 0 Å². The number of nitro groups is 1. The summed E-state index contributed by atoms with van der Waals surface area (Å²) >= 11 is 1.52. The molecule has 0 saturated heterocycles. The van der Waals surface area contributed by atoms with Gasteiger partial charge in [-0.15, -0.1) is 11.8 Å². The number of amides is 1. The van der Waals surface area contributed by atoms with Gasteiger partial charge in [-0.3, -0.25) is 19.7 Å². The zero-order valence-corrected chi connectivity index (χ0v) is 15.8. The predicted octanol–water partition coefficient (Wildman–Crippen LogP) is 3.78. The van der Waals surface area contributed by atoms with Gasteiger partial charge in [-0.05, 0) is 30.0 Å². The summed E-state index contributed by atoms with van der Waals surface area (Å²) in [5.74, 6) is -0.339. The van der Waals surface area contributed by atoms with Crippen molar-refractivity contribution in [2.75, 3.05) is 11.6 Å². The van der Waals surface area contributed by atoms with Crippen molar-refractivity contribution in [3.05, 3.63) is 98.5 Å². The predicted molar refractivity (Wildman–Crippen MR) is 109 cm³/mol. The lowest BCUT2D eigenvalue weighted by Gasteiger charge is -2.11. The van der Waals surface area contributed by atoms with Gasteiger partial charge < -0.3 is 9.88 Å². The van der Waals surface area contributed by atoms with Crippen molar-refractivity contribution in [3.8, 4) is 0 Å². The molecule has 7 nitrogen and oxygen atoms in total. The fourth-order valence-corrected chi connectivity index (χ4v) is 3.25. The number of aromatic nitrogens is 1. The van der Waals surface area contributed by atoms with Crippen molar-refractivity contribution >= 4 is 29.0 Å². The van der Waals surface area contributed by atoms with Crippen molar-refractivity contribution in [1.29, 1.82) is 0 Å². The fourth-order valence-electron chi connectivity index (χ4n) is 2.70. The summed E-state index contributed by atoms with van der Waals surface area (Å²) in [5, 5.41) is 13.8. The fraction of sp³-hybridized carbons (Fsp3) is 0.100. The van der Waals surface area contributed by atoms with Gasteiger partial charge in [0.1, 0.15) is 0 Å². The summed E-state index contributed by atoms with van der Waals surface area (Å²) < 4.78 is 1.36. The van der Waals surface area contributed by atoms with E-state index in [-0.39, 0.29) is 23.7 Å². The number of nitrogens with one attached hydrogen (secondary N) is 1. The number of carbonyl (C=O) groups excluding carboxylic acids is 1. The number of hydrogen-bond acceptors (Lipinski definition) is 5. The highest BCUT2D eigenvalue weighted by Crippen LogP contribution is 2.25. The topological polar surface area (TPSA) is 94.2 Å². The molecule has 0 saturated carbocycles. The minimum absolute atomic E-state index is 0.0480. The van der Waals surface area contributed by atoms with Gasteiger partial charge in [0.15, 0.2) is 0 Å². The number of benzene rings is 2. The molecule has 8 heteroatoms. The number of thioether (sulfide) groups is 1. The van der Waals surface area contributed by atoms with Gasteiger partial charge in [-0.25, -0.2) is 0 Å². The Kier molecular flexibility index (Phi) is 5.90. The Hall–Kier alpha value is -3.39. The first kappa shape index (κ1) is 19.4. The van der Waals surface area contributed by atoms with Gasteiger partial charge >= 0.3 is 0 Å². The molecule has 0 atom stereocenters. The van der Waals surface area contributed by atoms with E-state index in [0.717, 1.165) is 4.90 Å². The van der Waals surface area contributed by atoms with Gasteiger partial charge in [0.05, 0.1) is 22.7 Å². The molecule has 0 radical (unpaired) electrons. The van der Waals surface area contributed by atoms with Crippen LogP contribution in [0.2, 0.25) is 0 Å². The molecular formula is C20H17N3O4S. The van der Waals surface area contributed by atoms with Gasteiger partial charge in [0.25, 0.3) is 17.2 Å². The summed E-state index contributed by atoms with van der Waals surface area (Å²) in [4.78, 5) is 36.2. The Bertz CT molecular complexity index is 1090. The summed E-state index contributed by atoms with van der Waals surface area (Å²) in [6.07, 6.45) is 3.38. The number of anilines is 1. The Morgan fingerprint density at radius 3 is 2.68 bits per heavy atom. The van der Waals surface area contributed by atoms with E-state index in [4.69, 9.17) is 0 Å². The summed E-state index contributed by atoms with van der Waals surface area (Å²) in [6, 6.07) is 16.3. The van der Waals surface area contributed by atoms with E-state index in [0.29, 0.717) is 16.8 Å². The second-order valence-corrected chi connectivity index (χ2v) is 6.81. The first-order chi connectivity index (χ1) is 13.5. The molecule has 0 aliphatic rings. The third kappa shape index (κ3) is 4.47. The number of carbonyl (C=O) groups is 1. The summed E-state index contributed by atoms with van der Waals surface area (Å²) in [7, 11) is 0. The minimum Gasteiger partial charge on any atom is -0.321 e. The quantitative estimate of drug-likeness (QED) is 0.389. The van der Waals surface area contributed by atoms with Gasteiger partial charge in [-0.1, -0.05) is 24.3 Å². The van der Waals surface area contributed by atoms with Crippen LogP contribution in [0, 0.1) is 10.1 Å². The Morgan fingerprint density at radius 1 is 1.14 bits per heavy atom. The van der Waals surface area contributed by atoms with Crippen LogP contribution in [0.3, 0.4) is 0 Å². The standard InChI is InChI=1S/C20H17N3O4S/c1-28-18-8-3-2-7-17(18)21-20(25)15-9-10-19(24)22(13-15)12-14-5-4-6-16(11-14)23(26)27/h2-11,13H,12H2,1H3,(H,21,25). The van der Waals surface area contributed by atoms with Crippen LogP contribution in [-0.4, -0.2) is 21.7 Å². The molecule has 28 heavy (non-hydrogen) atoms. The average Bonchev–Trinajstić information content (AvgIpc) is 2.70. The molecule has 0 unspecified atom stereocenters. The number of para-hydroxylation sites is 1. The van der Waals surface area contributed by atoms with Gasteiger partial charge in [0, 0.05) is 29.3 Å². The molecule has 1 amide bonds. The Morgan fingerprint density at radius 2 is 1.93 bits per heavy atom. The number of nitro benzene ring substituents is 1. The lowest BCUT2D eigenvalue weighted by atomic mass is 10.2. The van der Waals surface area contributed by atoms with E-state index in [2.05, 4.69) is 5.32 Å². The smallest absolute Gasteiger partial charge is 0.269 e. The summed E-state index contributed by atoms with van der Waals surface area (Å²) in [5.41, 5.74) is 1.26. The van der Waals surface area contributed by atoms with Crippen LogP contribution in [0.1, 0.15) is 15.9 Å². The van der Waals surface area contributed by atoms with Gasteiger partial charge in [-0.2, -0.15) is 0 Å². The molecular weight excluding hydrogens is 378 g/mol. The van der Waals surface area contributed by atoms with Crippen LogP contribution in [0.4, 0.5) is 11.4 Å². The molecule has 142 valence electrons. The van der Waals surface area contributed by atoms with Crippen molar-refractivity contribution in [1.82, 2.24) is 4.57 Å². The summed E-state index contributed by atoms with van der Waals surface area (Å²) in [6.45, 7) is 0.128. The molecule has 3 rings (SSSR count). The number of hydrogen-bond donors (Lipinski definition) is 1. The van der Waals surface area contributed by atoms with Crippen LogP contribution in [0.5, 0.6) is 0 Å². The van der Waals surface area contributed by atoms with Crippen LogP contribution >= 0.6 is 11.8 Å². The number of pyridine rings is 1. The van der Waals surface area contributed by atoms with E-state index in [1.807, 2.05) is 30.5 Å². The molecule has 1 aromatic heterocycles. The first-order valence-electron chi connectivity index (χ1n) is 8.36. The number of non-ortho nitro benzene ring substituents is 1. The molecule has 0 bridgehead atoms. The zero-order chi connectivity index (χ0) is 20.1. The third-order valence-corrected chi connectivity index (χ3v) is 4.87. The molecule has 0 spiro atoms. The first-order valence-corrected chi connectivity index (χ1v) is 9.58. The lowest BCUT2D eigenvalue weighted by Crippen LogP contribution is -2.22. The SMILES string of the molecule is CSc1ccccc1NC(=O)c1ccc(=O)n(Cc2cccc([N+](=O)[O-])c2)c1. The average molecular weight is 395 g/mol. The Balaban J connectivity index is 1.85. The van der Waals surface area contributed by atoms with E-state index in [9.17, 15) is 19.7 Å². The van der Waals surface area contributed by atoms with E-state index in [1.54, 1.807) is 12.1 Å². The molecule has 0 fully saturated rings. The maximum atomic E-state index is 12.6. The van der Waals surface area contributed by atoms with Crippen molar-refractivity contribution in [2.45, 2.75) is 11.4 Å². The van der Waals surface area contributed by atoms with Crippen LogP contribution < -0.4 is 10.9 Å². The van der Waals surface area contributed by atoms with E-state index in [1.165, 1.54) is 46.8 Å². The van der Waals surface area contributed by atoms with E-state index < -0.39 is 4.92 Å². The van der Waals surface area contributed by atoms with Crippen molar-refractivity contribution < 1.29 is 9.72 Å². The number of rotatable bonds is 6. The van der Waals surface area contributed by atoms with Crippen LogP contribution in [-0.2, 0) is 6.54 Å². The highest BCUT2D eigenvalue weighted by atomic mass is 32.2. The maximum Gasteiger partial charge on any atom is 0.269 e. The third-order valence-electron chi connectivity index (χ3n) is 4.08. The second-order valence-electron chi connectivity index (χ2n) is 5.97. The monoisotopic (exact) mass is 395 g/mol. The second kappa shape index (κ2) is 8.53. The van der Waals surface area contributed by atoms with E-state index >= 15 is 0 Å². The Labute approximate surface area is 165 Å². The minimum atomic E-state index is -0.487. The molecule has 2 aromatic carbocycles. The van der Waals surface area contributed by atoms with Gasteiger partial charge in [0.2, 0.25) is 0 Å². The highest BCUT2D eigenvalue weighted by Gasteiger charge is 2.11. The lowest BCUT2D eigenvalue weighted by molar-refractivity contribution is -0.384. The normalized spacial score (nSPS) is 10.5. The molecule has 0 aliphatic heterocycles. The van der Waals surface area contributed by atoms with Crippen LogP contribution in [0.25, 0.3) is 0 Å². The zero-order valence-electron chi connectivity index (χ0n) is 15.0. The maximum absolute atomic E-state index is 12.6. The largest absolute Gasteiger partial charge is 0.321 e. The molecule has 1 heterocycles. The molecule has 3 aromatic rings. The molecule has 1 N–H and O–H groups in total. The highest BCUT2D eigenvalue weighted by molar-refractivity contribution is 7.98.